The lowest BCUT2D eigenvalue weighted by molar-refractivity contribution is 0.102. The van der Waals surface area contributed by atoms with Crippen LogP contribution in [0, 0.1) is 5.82 Å². The monoisotopic (exact) mass is 310 g/mol. The molecular weight excluding hydrogens is 299 g/mol. The molecule has 0 saturated carbocycles. The largest absolute Gasteiger partial charge is 0.287 e. The lowest BCUT2D eigenvalue weighted by atomic mass is 10.1. The number of aromatic nitrogens is 2. The van der Waals surface area contributed by atoms with Crippen LogP contribution in [0.2, 0.25) is 0 Å². The SMILES string of the molecule is CCCn1nccc1C(=O)c1ccc(Br)c(F)c1. The number of carbonyl (C=O) groups is 1. The van der Waals surface area contributed by atoms with Crippen LogP contribution in [-0.2, 0) is 6.54 Å². The third kappa shape index (κ3) is 2.51. The molecule has 5 heteroatoms. The number of carbonyl (C=O) groups excluding carboxylic acids is 1. The van der Waals surface area contributed by atoms with Crippen LogP contribution in [0.4, 0.5) is 4.39 Å². The number of hydrogen-bond acceptors (Lipinski definition) is 2. The Kier molecular flexibility index (Phi) is 3.91. The van der Waals surface area contributed by atoms with Gasteiger partial charge in [-0.1, -0.05) is 6.92 Å². The summed E-state index contributed by atoms with van der Waals surface area (Å²) in [5, 5.41) is 4.09. The molecule has 94 valence electrons. The summed E-state index contributed by atoms with van der Waals surface area (Å²) in [5.41, 5.74) is 0.812. The Morgan fingerprint density at radius 3 is 2.89 bits per heavy atom. The van der Waals surface area contributed by atoms with Crippen molar-refractivity contribution in [2.75, 3.05) is 0 Å². The third-order valence-corrected chi connectivity index (χ3v) is 3.21. The Morgan fingerprint density at radius 1 is 1.44 bits per heavy atom. The van der Waals surface area contributed by atoms with Gasteiger partial charge in [0.2, 0.25) is 5.78 Å². The van der Waals surface area contributed by atoms with Crippen LogP contribution in [0.5, 0.6) is 0 Å². The lowest BCUT2D eigenvalue weighted by Crippen LogP contribution is -2.11. The van der Waals surface area contributed by atoms with E-state index in [-0.39, 0.29) is 5.78 Å². The minimum Gasteiger partial charge on any atom is -0.287 e. The molecule has 3 nitrogen and oxygen atoms in total. The summed E-state index contributed by atoms with van der Waals surface area (Å²) in [6, 6.07) is 6.01. The molecule has 1 heterocycles. The van der Waals surface area contributed by atoms with E-state index in [0.717, 1.165) is 6.42 Å². The Bertz CT molecular complexity index is 580. The molecule has 0 aliphatic heterocycles. The van der Waals surface area contributed by atoms with Crippen molar-refractivity contribution in [2.24, 2.45) is 0 Å². The summed E-state index contributed by atoms with van der Waals surface area (Å²) in [6.45, 7) is 2.68. The van der Waals surface area contributed by atoms with Crippen LogP contribution in [0.25, 0.3) is 0 Å². The van der Waals surface area contributed by atoms with Gasteiger partial charge in [0, 0.05) is 18.3 Å². The van der Waals surface area contributed by atoms with E-state index in [1.54, 1.807) is 23.0 Å². The maximum Gasteiger partial charge on any atom is 0.211 e. The molecule has 0 aliphatic rings. The fraction of sp³-hybridized carbons (Fsp3) is 0.231. The van der Waals surface area contributed by atoms with E-state index in [2.05, 4.69) is 21.0 Å². The second kappa shape index (κ2) is 5.44. The van der Waals surface area contributed by atoms with Crippen molar-refractivity contribution in [3.63, 3.8) is 0 Å². The number of ketones is 1. The molecule has 0 unspecified atom stereocenters. The second-order valence-corrected chi connectivity index (χ2v) is 4.75. The number of aryl methyl sites for hydroxylation is 1. The average molecular weight is 311 g/mol. The number of nitrogens with zero attached hydrogens (tertiary/aromatic N) is 2. The van der Waals surface area contributed by atoms with Crippen molar-refractivity contribution in [2.45, 2.75) is 19.9 Å². The van der Waals surface area contributed by atoms with Crippen LogP contribution in [0.15, 0.2) is 34.9 Å². The zero-order chi connectivity index (χ0) is 13.1. The number of rotatable bonds is 4. The predicted octanol–water partition coefficient (Wildman–Crippen LogP) is 3.43. The number of halogens is 2. The molecule has 0 saturated heterocycles. The molecule has 0 radical (unpaired) electrons. The Hall–Kier alpha value is -1.49. The van der Waals surface area contributed by atoms with Crippen LogP contribution in [0.1, 0.15) is 29.4 Å². The molecule has 0 aliphatic carbocycles. The van der Waals surface area contributed by atoms with Crippen molar-refractivity contribution in [3.8, 4) is 0 Å². The molecule has 0 spiro atoms. The summed E-state index contributed by atoms with van der Waals surface area (Å²) in [4.78, 5) is 12.2. The molecule has 2 rings (SSSR count). The highest BCUT2D eigenvalue weighted by molar-refractivity contribution is 9.10. The van der Waals surface area contributed by atoms with Gasteiger partial charge in [-0.15, -0.1) is 0 Å². The Labute approximate surface area is 113 Å². The van der Waals surface area contributed by atoms with Gasteiger partial charge in [-0.05, 0) is 46.6 Å². The molecule has 0 atom stereocenters. The average Bonchev–Trinajstić information content (AvgIpc) is 2.80. The fourth-order valence-electron chi connectivity index (χ4n) is 1.70. The lowest BCUT2D eigenvalue weighted by Gasteiger charge is -2.05. The smallest absolute Gasteiger partial charge is 0.211 e. The van der Waals surface area contributed by atoms with Gasteiger partial charge in [-0.25, -0.2) is 4.39 Å². The molecule has 0 amide bonds. The Morgan fingerprint density at radius 2 is 2.22 bits per heavy atom. The van der Waals surface area contributed by atoms with Crippen molar-refractivity contribution in [3.05, 3.63) is 52.0 Å². The molecule has 0 bridgehead atoms. The van der Waals surface area contributed by atoms with Crippen LogP contribution in [-0.4, -0.2) is 15.6 Å². The van der Waals surface area contributed by atoms with Gasteiger partial charge in [-0.2, -0.15) is 5.10 Å². The van der Waals surface area contributed by atoms with Crippen molar-refractivity contribution < 1.29 is 9.18 Å². The summed E-state index contributed by atoms with van der Waals surface area (Å²) in [6.07, 6.45) is 2.47. The summed E-state index contributed by atoms with van der Waals surface area (Å²) >= 11 is 3.06. The van der Waals surface area contributed by atoms with Gasteiger partial charge >= 0.3 is 0 Å². The highest BCUT2D eigenvalue weighted by Gasteiger charge is 2.15. The minimum atomic E-state index is -0.442. The highest BCUT2D eigenvalue weighted by Crippen LogP contribution is 2.18. The molecule has 18 heavy (non-hydrogen) atoms. The second-order valence-electron chi connectivity index (χ2n) is 3.90. The first-order valence-electron chi connectivity index (χ1n) is 5.65. The number of benzene rings is 1. The standard InChI is InChI=1S/C13H12BrFN2O/c1-2-7-17-12(5-6-16-17)13(18)9-3-4-10(14)11(15)8-9/h3-6,8H,2,7H2,1H3. The molecule has 1 aromatic heterocycles. The molecule has 1 aromatic carbocycles. The first-order chi connectivity index (χ1) is 8.63. The molecule has 0 fully saturated rings. The number of hydrogen-bond donors (Lipinski definition) is 0. The van der Waals surface area contributed by atoms with E-state index in [0.29, 0.717) is 22.3 Å². The van der Waals surface area contributed by atoms with E-state index >= 15 is 0 Å². The van der Waals surface area contributed by atoms with Gasteiger partial charge in [-0.3, -0.25) is 9.48 Å². The normalized spacial score (nSPS) is 10.6. The molecular formula is C13H12BrFN2O. The van der Waals surface area contributed by atoms with Crippen molar-refractivity contribution in [1.82, 2.24) is 9.78 Å². The quantitative estimate of drug-likeness (QED) is 0.811. The maximum absolute atomic E-state index is 13.4. The summed E-state index contributed by atoms with van der Waals surface area (Å²) in [7, 11) is 0. The van der Waals surface area contributed by atoms with E-state index in [9.17, 15) is 9.18 Å². The van der Waals surface area contributed by atoms with E-state index in [1.165, 1.54) is 12.1 Å². The van der Waals surface area contributed by atoms with Crippen molar-refractivity contribution >= 4 is 21.7 Å². The zero-order valence-electron chi connectivity index (χ0n) is 9.86. The first-order valence-corrected chi connectivity index (χ1v) is 6.44. The molecule has 0 N–H and O–H groups in total. The van der Waals surface area contributed by atoms with Gasteiger partial charge in [0.25, 0.3) is 0 Å². The topological polar surface area (TPSA) is 34.9 Å². The zero-order valence-corrected chi connectivity index (χ0v) is 11.4. The fourth-order valence-corrected chi connectivity index (χ4v) is 1.95. The minimum absolute atomic E-state index is 0.215. The van der Waals surface area contributed by atoms with E-state index in [1.807, 2.05) is 6.92 Å². The van der Waals surface area contributed by atoms with Crippen molar-refractivity contribution in [1.29, 1.82) is 0 Å². The van der Waals surface area contributed by atoms with Gasteiger partial charge in [0.15, 0.2) is 0 Å². The maximum atomic E-state index is 13.4. The third-order valence-electron chi connectivity index (χ3n) is 2.57. The van der Waals surface area contributed by atoms with E-state index in [4.69, 9.17) is 0 Å². The van der Waals surface area contributed by atoms with Gasteiger partial charge in [0.1, 0.15) is 11.5 Å². The highest BCUT2D eigenvalue weighted by atomic mass is 79.9. The predicted molar refractivity (Wildman–Crippen MR) is 70.1 cm³/mol. The Balaban J connectivity index is 2.35. The molecule has 2 aromatic rings. The van der Waals surface area contributed by atoms with Crippen LogP contribution < -0.4 is 0 Å². The van der Waals surface area contributed by atoms with Crippen LogP contribution in [0.3, 0.4) is 0 Å². The van der Waals surface area contributed by atoms with Gasteiger partial charge in [0.05, 0.1) is 4.47 Å². The van der Waals surface area contributed by atoms with Crippen LogP contribution >= 0.6 is 15.9 Å². The summed E-state index contributed by atoms with van der Waals surface area (Å²) < 4.78 is 15.4. The first kappa shape index (κ1) is 13.0. The van der Waals surface area contributed by atoms with Gasteiger partial charge < -0.3 is 0 Å². The van der Waals surface area contributed by atoms with E-state index < -0.39 is 5.82 Å². The summed E-state index contributed by atoms with van der Waals surface area (Å²) in [5.74, 6) is -0.658.